The van der Waals surface area contributed by atoms with Crippen LogP contribution in [0.4, 0.5) is 11.4 Å². The van der Waals surface area contributed by atoms with Crippen LogP contribution in [0.2, 0.25) is 0 Å². The molecule has 12 nitrogen and oxygen atoms in total. The summed E-state index contributed by atoms with van der Waals surface area (Å²) in [7, 11) is 2.52. The van der Waals surface area contributed by atoms with Crippen LogP contribution in [-0.2, 0) is 28.7 Å². The third-order valence-corrected chi connectivity index (χ3v) is 8.15. The predicted molar refractivity (Wildman–Crippen MR) is 171 cm³/mol. The molecule has 0 radical (unpaired) electrons. The van der Waals surface area contributed by atoms with Crippen LogP contribution < -0.4 is 21.3 Å². The molecule has 0 fully saturated rings. The van der Waals surface area contributed by atoms with Crippen molar-refractivity contribution >= 4 is 70.2 Å². The van der Waals surface area contributed by atoms with Crippen molar-refractivity contribution in [3.05, 3.63) is 58.7 Å². The van der Waals surface area contributed by atoms with E-state index in [0.717, 1.165) is 0 Å². The molecule has 1 aliphatic rings. The molecule has 0 aromatic heterocycles. The maximum atomic E-state index is 14.0. The number of benzene rings is 2. The minimum absolute atomic E-state index is 0.00224. The maximum Gasteiger partial charge on any atom is 0.322 e. The number of thioether (sulfide) groups is 2. The molecule has 0 unspecified atom stereocenters. The predicted octanol–water partition coefficient (Wildman–Crippen LogP) is 2.11. The fraction of sp³-hybridized carbons (Fsp3) is 0.400. The number of hydrogen-bond donors (Lipinski definition) is 4. The molecule has 44 heavy (non-hydrogen) atoms. The van der Waals surface area contributed by atoms with Gasteiger partial charge in [-0.05, 0) is 49.0 Å². The first-order valence-corrected chi connectivity index (χ1v) is 16.5. The molecule has 2 aromatic rings. The summed E-state index contributed by atoms with van der Waals surface area (Å²) in [6.07, 6.45) is 4.64. The molecule has 0 saturated heterocycles. The van der Waals surface area contributed by atoms with Crippen molar-refractivity contribution in [2.24, 2.45) is 0 Å². The molecule has 2 amide bonds. The number of fused-ring (bicyclic) bond motifs is 2. The normalized spacial score (nSPS) is 13.3. The van der Waals surface area contributed by atoms with Crippen molar-refractivity contribution < 1.29 is 38.2 Å². The Morgan fingerprint density at radius 2 is 1.27 bits per heavy atom. The van der Waals surface area contributed by atoms with Gasteiger partial charge in [-0.15, -0.1) is 0 Å². The molecule has 4 N–H and O–H groups in total. The van der Waals surface area contributed by atoms with E-state index in [1.54, 1.807) is 23.9 Å². The summed E-state index contributed by atoms with van der Waals surface area (Å²) in [5, 5.41) is 11.2. The summed E-state index contributed by atoms with van der Waals surface area (Å²) in [5.41, 5.74) is 0.469. The van der Waals surface area contributed by atoms with Gasteiger partial charge in [0, 0.05) is 11.1 Å². The van der Waals surface area contributed by atoms with Crippen LogP contribution in [0.15, 0.2) is 36.4 Å². The number of ketones is 2. The molecule has 3 rings (SSSR count). The van der Waals surface area contributed by atoms with Crippen molar-refractivity contribution in [2.45, 2.75) is 24.9 Å². The van der Waals surface area contributed by atoms with Crippen LogP contribution >= 0.6 is 23.5 Å². The highest BCUT2D eigenvalue weighted by Crippen LogP contribution is 2.35. The minimum atomic E-state index is -0.772. The minimum Gasteiger partial charge on any atom is -0.468 e. The number of ether oxygens (including phenoxy) is 2. The van der Waals surface area contributed by atoms with Crippen LogP contribution in [0.25, 0.3) is 0 Å². The lowest BCUT2D eigenvalue weighted by Gasteiger charge is -2.24. The Morgan fingerprint density at radius 3 is 1.82 bits per heavy atom. The third-order valence-electron chi connectivity index (χ3n) is 6.86. The molecule has 236 valence electrons. The summed E-state index contributed by atoms with van der Waals surface area (Å²) in [6, 6.07) is 7.70. The summed E-state index contributed by atoms with van der Waals surface area (Å²) in [5.74, 6) is -1.74. The highest BCUT2D eigenvalue weighted by molar-refractivity contribution is 7.98. The quantitative estimate of drug-likeness (QED) is 0.168. The van der Waals surface area contributed by atoms with Crippen LogP contribution in [-0.4, -0.2) is 98.7 Å². The molecule has 0 aliphatic heterocycles. The number of anilines is 2. The Kier molecular flexibility index (Phi) is 13.4. The van der Waals surface area contributed by atoms with E-state index < -0.39 is 47.4 Å². The van der Waals surface area contributed by atoms with E-state index in [4.69, 9.17) is 4.74 Å². The Morgan fingerprint density at radius 1 is 0.727 bits per heavy atom. The molecular formula is C30H36N4O8S2. The number of methoxy groups -OCH3 is 2. The van der Waals surface area contributed by atoms with Crippen molar-refractivity contribution in [3.8, 4) is 0 Å². The Labute approximate surface area is 264 Å². The summed E-state index contributed by atoms with van der Waals surface area (Å²) >= 11 is 3.08. The first-order valence-electron chi connectivity index (χ1n) is 13.7. The van der Waals surface area contributed by atoms with E-state index >= 15 is 0 Å². The highest BCUT2D eigenvalue weighted by atomic mass is 32.2. The lowest BCUT2D eigenvalue weighted by molar-refractivity contribution is -0.143. The average molecular weight is 645 g/mol. The van der Waals surface area contributed by atoms with Gasteiger partial charge >= 0.3 is 11.9 Å². The van der Waals surface area contributed by atoms with Gasteiger partial charge in [-0.2, -0.15) is 23.5 Å². The second-order valence-corrected chi connectivity index (χ2v) is 11.7. The van der Waals surface area contributed by atoms with Gasteiger partial charge in [-0.1, -0.05) is 24.3 Å². The van der Waals surface area contributed by atoms with Crippen LogP contribution in [0.1, 0.15) is 44.7 Å². The van der Waals surface area contributed by atoms with Gasteiger partial charge in [0.05, 0.1) is 55.9 Å². The maximum absolute atomic E-state index is 14.0. The fourth-order valence-corrected chi connectivity index (χ4v) is 5.55. The molecule has 0 bridgehead atoms. The van der Waals surface area contributed by atoms with Crippen LogP contribution in [0, 0.1) is 0 Å². The van der Waals surface area contributed by atoms with E-state index in [1.165, 1.54) is 50.2 Å². The van der Waals surface area contributed by atoms with E-state index in [-0.39, 0.29) is 46.7 Å². The molecular weight excluding hydrogens is 608 g/mol. The van der Waals surface area contributed by atoms with Crippen molar-refractivity contribution in [1.29, 1.82) is 0 Å². The lowest BCUT2D eigenvalue weighted by Crippen LogP contribution is -2.43. The number of hydrogen-bond acceptors (Lipinski definition) is 12. The molecule has 1 aliphatic carbocycles. The average Bonchev–Trinajstić information content (AvgIpc) is 3.02. The van der Waals surface area contributed by atoms with Gasteiger partial charge in [0.15, 0.2) is 11.6 Å². The van der Waals surface area contributed by atoms with E-state index in [1.807, 2.05) is 12.5 Å². The topological polar surface area (TPSA) is 169 Å². The Bertz CT molecular complexity index is 1420. The van der Waals surface area contributed by atoms with Crippen LogP contribution in [0.5, 0.6) is 0 Å². The zero-order chi connectivity index (χ0) is 32.2. The van der Waals surface area contributed by atoms with Gasteiger partial charge < -0.3 is 20.1 Å². The fourth-order valence-electron chi connectivity index (χ4n) is 4.60. The molecule has 2 aromatic carbocycles. The number of nitrogens with one attached hydrogen (secondary N) is 4. The van der Waals surface area contributed by atoms with Gasteiger partial charge in [-0.3, -0.25) is 39.4 Å². The van der Waals surface area contributed by atoms with E-state index in [9.17, 15) is 28.8 Å². The van der Waals surface area contributed by atoms with Gasteiger partial charge in [-0.25, -0.2) is 0 Å². The SMILES string of the molecule is COC(=O)CN[C@H](CCSC)C(=O)Nc1cccc2c1C(=O)c1c(NC(=O)CN[C@H](CCSC)C(=O)OC)cccc1C2=O. The van der Waals surface area contributed by atoms with Gasteiger partial charge in [0.2, 0.25) is 11.8 Å². The van der Waals surface area contributed by atoms with E-state index in [0.29, 0.717) is 24.3 Å². The smallest absolute Gasteiger partial charge is 0.322 e. The molecule has 0 saturated carbocycles. The van der Waals surface area contributed by atoms with Gasteiger partial charge in [0.1, 0.15) is 6.04 Å². The Balaban J connectivity index is 1.86. The second-order valence-electron chi connectivity index (χ2n) is 9.68. The number of esters is 2. The zero-order valence-corrected chi connectivity index (χ0v) is 26.6. The number of carbonyl (C=O) groups excluding carboxylic acids is 6. The molecule has 0 spiro atoms. The number of carbonyl (C=O) groups is 6. The molecule has 14 heteroatoms. The number of rotatable bonds is 16. The van der Waals surface area contributed by atoms with Crippen molar-refractivity contribution in [3.63, 3.8) is 0 Å². The summed E-state index contributed by atoms with van der Waals surface area (Å²) in [4.78, 5) is 77.4. The first-order chi connectivity index (χ1) is 21.2. The number of amides is 2. The van der Waals surface area contributed by atoms with Crippen molar-refractivity contribution in [2.75, 3.05) is 62.0 Å². The summed E-state index contributed by atoms with van der Waals surface area (Å²) < 4.78 is 9.47. The highest BCUT2D eigenvalue weighted by Gasteiger charge is 2.35. The second kappa shape index (κ2) is 16.9. The zero-order valence-electron chi connectivity index (χ0n) is 24.9. The standard InChI is InChI=1S/C30H36N4O8S2/c1-41-24(36)16-32-21(11-13-43-3)29(39)34-20-10-6-8-18-26(20)28(38)25-17(27(18)37)7-5-9-19(25)33-23(35)15-31-22(12-14-44-4)30(40)42-2/h5-10,21-22,31-32H,11-16H2,1-4H3,(H,33,35)(H,34,39)/t21-,22-/m1/s1. The van der Waals surface area contributed by atoms with Crippen LogP contribution in [0.3, 0.4) is 0 Å². The first kappa shape index (κ1) is 34.8. The molecule has 0 heterocycles. The summed E-state index contributed by atoms with van der Waals surface area (Å²) in [6.45, 7) is -0.426. The monoisotopic (exact) mass is 644 g/mol. The van der Waals surface area contributed by atoms with E-state index in [2.05, 4.69) is 26.0 Å². The lowest BCUT2D eigenvalue weighted by atomic mass is 9.82. The third kappa shape index (κ3) is 8.68. The molecule has 2 atom stereocenters. The van der Waals surface area contributed by atoms with Crippen molar-refractivity contribution in [1.82, 2.24) is 10.6 Å². The van der Waals surface area contributed by atoms with Gasteiger partial charge in [0.25, 0.3) is 0 Å². The Hall–Kier alpha value is -3.72. The largest absolute Gasteiger partial charge is 0.468 e.